The number of halogens is 1. The van der Waals surface area contributed by atoms with Crippen LogP contribution >= 0.6 is 27.3 Å². The third-order valence-electron chi connectivity index (χ3n) is 3.31. The van der Waals surface area contributed by atoms with Gasteiger partial charge in [0.2, 0.25) is 5.78 Å². The average molecular weight is 404 g/mol. The third kappa shape index (κ3) is 3.42. The lowest BCUT2D eigenvalue weighted by atomic mass is 10.1. The van der Waals surface area contributed by atoms with Gasteiger partial charge in [-0.25, -0.2) is 4.98 Å². The topological polar surface area (TPSA) is 77.2 Å². The van der Waals surface area contributed by atoms with Gasteiger partial charge < -0.3 is 15.8 Å². The standard InChI is InChI=1S/C17H14BrN3O2S/c1-23-13-5-3-2-4-12(13)14(22)15-16(19)21-17(24-15)20-11-8-6-10(18)7-9-11/h2-9H,19H2,1H3,(H,20,21). The van der Waals surface area contributed by atoms with Crippen LogP contribution in [0.25, 0.3) is 0 Å². The number of anilines is 3. The largest absolute Gasteiger partial charge is 0.496 e. The number of rotatable bonds is 5. The zero-order chi connectivity index (χ0) is 17.1. The van der Waals surface area contributed by atoms with Crippen LogP contribution in [0.2, 0.25) is 0 Å². The van der Waals surface area contributed by atoms with Crippen LogP contribution in [-0.4, -0.2) is 17.9 Å². The molecule has 0 aliphatic carbocycles. The molecule has 3 aromatic rings. The Hall–Kier alpha value is -2.38. The van der Waals surface area contributed by atoms with E-state index in [-0.39, 0.29) is 11.6 Å². The second kappa shape index (κ2) is 7.02. The highest BCUT2D eigenvalue weighted by Crippen LogP contribution is 2.32. The molecule has 0 aliphatic rings. The number of thiazole rings is 1. The van der Waals surface area contributed by atoms with Crippen LogP contribution in [0.4, 0.5) is 16.6 Å². The van der Waals surface area contributed by atoms with Gasteiger partial charge in [-0.1, -0.05) is 39.4 Å². The molecule has 122 valence electrons. The second-order valence-electron chi connectivity index (χ2n) is 4.89. The zero-order valence-corrected chi connectivity index (χ0v) is 15.1. The predicted molar refractivity (Wildman–Crippen MR) is 100 cm³/mol. The number of ketones is 1. The van der Waals surface area contributed by atoms with E-state index < -0.39 is 0 Å². The van der Waals surface area contributed by atoms with Gasteiger partial charge in [0.25, 0.3) is 0 Å². The van der Waals surface area contributed by atoms with E-state index in [1.54, 1.807) is 18.2 Å². The fourth-order valence-electron chi connectivity index (χ4n) is 2.16. The first-order valence-corrected chi connectivity index (χ1v) is 8.66. The van der Waals surface area contributed by atoms with Crippen molar-refractivity contribution in [3.8, 4) is 5.75 Å². The van der Waals surface area contributed by atoms with Crippen LogP contribution < -0.4 is 15.8 Å². The summed E-state index contributed by atoms with van der Waals surface area (Å²) < 4.78 is 6.23. The number of hydrogen-bond donors (Lipinski definition) is 2. The van der Waals surface area contributed by atoms with Crippen LogP contribution in [0.5, 0.6) is 5.75 Å². The van der Waals surface area contributed by atoms with E-state index in [0.717, 1.165) is 10.2 Å². The van der Waals surface area contributed by atoms with Crippen molar-refractivity contribution in [2.45, 2.75) is 0 Å². The Morgan fingerprint density at radius 3 is 2.62 bits per heavy atom. The van der Waals surface area contributed by atoms with Gasteiger partial charge in [-0.3, -0.25) is 4.79 Å². The minimum absolute atomic E-state index is 0.202. The zero-order valence-electron chi connectivity index (χ0n) is 12.7. The predicted octanol–water partition coefficient (Wildman–Crippen LogP) is 4.47. The molecule has 0 spiro atoms. The van der Waals surface area contributed by atoms with E-state index in [9.17, 15) is 4.79 Å². The van der Waals surface area contributed by atoms with Gasteiger partial charge in [-0.05, 0) is 36.4 Å². The number of hydrogen-bond acceptors (Lipinski definition) is 6. The highest BCUT2D eigenvalue weighted by Gasteiger charge is 2.20. The number of nitrogens with two attached hydrogens (primary N) is 1. The number of nitrogens with zero attached hydrogens (tertiary/aromatic N) is 1. The number of para-hydroxylation sites is 1. The Kier molecular flexibility index (Phi) is 4.82. The smallest absolute Gasteiger partial charge is 0.210 e. The molecule has 0 saturated carbocycles. The fraction of sp³-hybridized carbons (Fsp3) is 0.0588. The van der Waals surface area contributed by atoms with Crippen molar-refractivity contribution in [3.63, 3.8) is 0 Å². The minimum atomic E-state index is -0.202. The average Bonchev–Trinajstić information content (AvgIpc) is 2.96. The molecule has 24 heavy (non-hydrogen) atoms. The van der Waals surface area contributed by atoms with Crippen LogP contribution in [0.1, 0.15) is 15.2 Å². The van der Waals surface area contributed by atoms with Crippen molar-refractivity contribution in [3.05, 3.63) is 63.4 Å². The highest BCUT2D eigenvalue weighted by molar-refractivity contribution is 9.10. The SMILES string of the molecule is COc1ccccc1C(=O)c1sc(Nc2ccc(Br)cc2)nc1N. The molecule has 2 aromatic carbocycles. The summed E-state index contributed by atoms with van der Waals surface area (Å²) >= 11 is 4.60. The van der Waals surface area contributed by atoms with Crippen molar-refractivity contribution in [2.24, 2.45) is 0 Å². The number of nitrogen functional groups attached to an aromatic ring is 1. The first kappa shape index (κ1) is 16.5. The lowest BCUT2D eigenvalue weighted by Gasteiger charge is -2.05. The summed E-state index contributed by atoms with van der Waals surface area (Å²) in [5.41, 5.74) is 7.27. The maximum atomic E-state index is 12.7. The first-order chi connectivity index (χ1) is 11.6. The lowest BCUT2D eigenvalue weighted by Crippen LogP contribution is -2.04. The molecule has 5 nitrogen and oxygen atoms in total. The Labute approximate surface area is 151 Å². The van der Waals surface area contributed by atoms with Crippen LogP contribution in [0, 0.1) is 0 Å². The molecular formula is C17H14BrN3O2S. The third-order valence-corrected chi connectivity index (χ3v) is 4.82. The van der Waals surface area contributed by atoms with Gasteiger partial charge in [0.05, 0.1) is 12.7 Å². The van der Waals surface area contributed by atoms with E-state index in [2.05, 4.69) is 26.2 Å². The van der Waals surface area contributed by atoms with E-state index in [1.165, 1.54) is 18.4 Å². The van der Waals surface area contributed by atoms with Gasteiger partial charge in [-0.2, -0.15) is 0 Å². The molecule has 1 heterocycles. The molecule has 0 bridgehead atoms. The van der Waals surface area contributed by atoms with Crippen molar-refractivity contribution < 1.29 is 9.53 Å². The molecule has 1 aromatic heterocycles. The molecule has 0 aliphatic heterocycles. The number of carbonyl (C=O) groups excluding carboxylic acids is 1. The monoisotopic (exact) mass is 403 g/mol. The van der Waals surface area contributed by atoms with Crippen LogP contribution in [0.3, 0.4) is 0 Å². The Bertz CT molecular complexity index is 878. The van der Waals surface area contributed by atoms with Crippen molar-refractivity contribution >= 4 is 49.7 Å². The summed E-state index contributed by atoms with van der Waals surface area (Å²) in [5, 5.41) is 3.71. The van der Waals surface area contributed by atoms with Crippen LogP contribution in [-0.2, 0) is 0 Å². The normalized spacial score (nSPS) is 10.4. The van der Waals surface area contributed by atoms with E-state index >= 15 is 0 Å². The summed E-state index contributed by atoms with van der Waals surface area (Å²) in [6.45, 7) is 0. The molecule has 7 heteroatoms. The Balaban J connectivity index is 1.88. The summed E-state index contributed by atoms with van der Waals surface area (Å²) in [6.07, 6.45) is 0. The number of carbonyl (C=O) groups is 1. The van der Waals surface area contributed by atoms with Gasteiger partial charge in [0, 0.05) is 10.2 Å². The van der Waals surface area contributed by atoms with Gasteiger partial charge >= 0.3 is 0 Å². The number of ether oxygens (including phenoxy) is 1. The fourth-order valence-corrected chi connectivity index (χ4v) is 3.28. The maximum Gasteiger partial charge on any atom is 0.210 e. The second-order valence-corrected chi connectivity index (χ2v) is 6.81. The van der Waals surface area contributed by atoms with Gasteiger partial charge in [-0.15, -0.1) is 0 Å². The molecule has 3 N–H and O–H groups in total. The number of methoxy groups -OCH3 is 1. The number of nitrogens with one attached hydrogen (secondary N) is 1. The van der Waals surface area contributed by atoms with Crippen molar-refractivity contribution in [2.75, 3.05) is 18.2 Å². The summed E-state index contributed by atoms with van der Waals surface area (Å²) in [4.78, 5) is 17.4. The van der Waals surface area contributed by atoms with E-state index in [1.807, 2.05) is 30.3 Å². The van der Waals surface area contributed by atoms with E-state index in [4.69, 9.17) is 10.5 Å². The highest BCUT2D eigenvalue weighted by atomic mass is 79.9. The molecule has 3 rings (SSSR count). The summed E-state index contributed by atoms with van der Waals surface area (Å²) in [5.74, 6) is 0.513. The molecule has 0 radical (unpaired) electrons. The molecule has 0 unspecified atom stereocenters. The number of benzene rings is 2. The lowest BCUT2D eigenvalue weighted by molar-refractivity contribution is 0.104. The first-order valence-electron chi connectivity index (χ1n) is 7.05. The summed E-state index contributed by atoms with van der Waals surface area (Å²) in [7, 11) is 1.53. The summed E-state index contributed by atoms with van der Waals surface area (Å²) in [6, 6.07) is 14.7. The molecule has 0 fully saturated rings. The van der Waals surface area contributed by atoms with E-state index in [0.29, 0.717) is 21.3 Å². The quantitative estimate of drug-likeness (QED) is 0.614. The molecular weight excluding hydrogens is 390 g/mol. The van der Waals surface area contributed by atoms with Crippen molar-refractivity contribution in [1.29, 1.82) is 0 Å². The number of aromatic nitrogens is 1. The van der Waals surface area contributed by atoms with Crippen molar-refractivity contribution in [1.82, 2.24) is 4.98 Å². The minimum Gasteiger partial charge on any atom is -0.496 e. The van der Waals surface area contributed by atoms with Gasteiger partial charge in [0.15, 0.2) is 5.13 Å². The Morgan fingerprint density at radius 1 is 1.21 bits per heavy atom. The van der Waals surface area contributed by atoms with Gasteiger partial charge in [0.1, 0.15) is 16.4 Å². The molecule has 0 amide bonds. The Morgan fingerprint density at radius 2 is 1.92 bits per heavy atom. The van der Waals surface area contributed by atoms with Crippen LogP contribution in [0.15, 0.2) is 53.0 Å². The maximum absolute atomic E-state index is 12.7. The molecule has 0 saturated heterocycles. The molecule has 0 atom stereocenters.